The summed E-state index contributed by atoms with van der Waals surface area (Å²) in [4.78, 5) is 16.5. The molecule has 0 atom stereocenters. The van der Waals surface area contributed by atoms with E-state index >= 15 is 0 Å². The molecule has 7 nitrogen and oxygen atoms in total. The molecule has 0 aliphatic carbocycles. The van der Waals surface area contributed by atoms with Gasteiger partial charge < -0.3 is 15.7 Å². The van der Waals surface area contributed by atoms with Gasteiger partial charge in [-0.2, -0.15) is 5.10 Å². The number of β-amino-alcohol motifs (C(OH)–C–C–N with tert-alkyl or cyclic N) is 1. The van der Waals surface area contributed by atoms with E-state index in [1.165, 1.54) is 6.20 Å². The van der Waals surface area contributed by atoms with Crippen LogP contribution in [0.15, 0.2) is 6.20 Å². The summed E-state index contributed by atoms with van der Waals surface area (Å²) in [6, 6.07) is 0. The molecule has 0 aromatic carbocycles. The molecule has 1 aliphatic heterocycles. The lowest BCUT2D eigenvalue weighted by atomic mass is 10.1. The van der Waals surface area contributed by atoms with E-state index in [-0.39, 0.29) is 5.91 Å². The van der Waals surface area contributed by atoms with Gasteiger partial charge in [-0.25, -0.2) is 0 Å². The van der Waals surface area contributed by atoms with Crippen LogP contribution in [-0.2, 0) is 6.54 Å². The van der Waals surface area contributed by atoms with E-state index in [4.69, 9.17) is 5.73 Å². The molecular weight excluding hydrogens is 270 g/mol. The molecule has 0 radical (unpaired) electrons. The maximum atomic E-state index is 12.6. The molecule has 118 valence electrons. The fourth-order valence-corrected chi connectivity index (χ4v) is 2.68. The van der Waals surface area contributed by atoms with Crippen LogP contribution < -0.4 is 5.73 Å². The van der Waals surface area contributed by atoms with E-state index in [1.807, 2.05) is 6.92 Å². The van der Waals surface area contributed by atoms with Crippen molar-refractivity contribution in [2.75, 3.05) is 38.5 Å². The van der Waals surface area contributed by atoms with Gasteiger partial charge in [-0.1, -0.05) is 0 Å². The molecular formula is C14H25N5O2. The van der Waals surface area contributed by atoms with Crippen molar-refractivity contribution in [3.8, 4) is 0 Å². The molecule has 0 spiro atoms. The lowest BCUT2D eigenvalue weighted by Crippen LogP contribution is -2.52. The van der Waals surface area contributed by atoms with Crippen LogP contribution in [0, 0.1) is 0 Å². The highest BCUT2D eigenvalue weighted by Gasteiger charge is 2.28. The zero-order valence-corrected chi connectivity index (χ0v) is 13.0. The third-order valence-electron chi connectivity index (χ3n) is 3.64. The molecule has 1 aromatic heterocycles. The molecule has 0 unspecified atom stereocenters. The van der Waals surface area contributed by atoms with Gasteiger partial charge in [0, 0.05) is 39.3 Å². The molecule has 0 bridgehead atoms. The summed E-state index contributed by atoms with van der Waals surface area (Å²) in [6.07, 6.45) is 1.53. The number of aromatic nitrogens is 2. The molecule has 1 amide bonds. The van der Waals surface area contributed by atoms with Gasteiger partial charge in [0.15, 0.2) is 0 Å². The summed E-state index contributed by atoms with van der Waals surface area (Å²) < 4.78 is 1.64. The Bertz CT molecular complexity index is 498. The van der Waals surface area contributed by atoms with Gasteiger partial charge in [0.1, 0.15) is 5.69 Å². The van der Waals surface area contributed by atoms with Crippen LogP contribution in [0.25, 0.3) is 0 Å². The number of hydrogen-bond donors (Lipinski definition) is 2. The minimum Gasteiger partial charge on any atom is -0.396 e. The molecule has 1 saturated heterocycles. The van der Waals surface area contributed by atoms with Crippen LogP contribution in [0.5, 0.6) is 0 Å². The van der Waals surface area contributed by atoms with Crippen LogP contribution in [0.1, 0.15) is 31.3 Å². The van der Waals surface area contributed by atoms with E-state index in [0.717, 1.165) is 13.1 Å². The Morgan fingerprint density at radius 3 is 2.52 bits per heavy atom. The molecule has 1 aliphatic rings. The first-order valence-corrected chi connectivity index (χ1v) is 7.37. The standard InChI is InChI=1S/C14H25N5O2/c1-4-19-12(11(15)9-16-19)13(20)18-7-5-17(6-8-18)10-14(2,3)21/h9,21H,4-8,10,15H2,1-3H3. The predicted octanol–water partition coefficient (Wildman–Crippen LogP) is 0.0139. The highest BCUT2D eigenvalue weighted by Crippen LogP contribution is 2.16. The number of carbonyl (C=O) groups is 1. The number of amides is 1. The van der Waals surface area contributed by atoms with Crippen LogP contribution in [0.4, 0.5) is 5.69 Å². The van der Waals surface area contributed by atoms with Crippen LogP contribution in [0.3, 0.4) is 0 Å². The minimum atomic E-state index is -0.711. The van der Waals surface area contributed by atoms with Gasteiger partial charge >= 0.3 is 0 Å². The number of nitrogen functional groups attached to an aromatic ring is 1. The zero-order valence-electron chi connectivity index (χ0n) is 13.0. The summed E-state index contributed by atoms with van der Waals surface area (Å²) in [6.45, 7) is 9.57. The molecule has 2 rings (SSSR count). The molecule has 2 heterocycles. The first kappa shape index (κ1) is 15.8. The SMILES string of the molecule is CCn1ncc(N)c1C(=O)N1CCN(CC(C)(C)O)CC1. The quantitative estimate of drug-likeness (QED) is 0.817. The molecule has 1 fully saturated rings. The van der Waals surface area contributed by atoms with Crippen molar-refractivity contribution < 1.29 is 9.90 Å². The summed E-state index contributed by atoms with van der Waals surface area (Å²) in [5.41, 5.74) is 6.06. The van der Waals surface area contributed by atoms with Crippen molar-refractivity contribution in [1.29, 1.82) is 0 Å². The lowest BCUT2D eigenvalue weighted by Gasteiger charge is -2.37. The number of nitrogens with zero attached hydrogens (tertiary/aromatic N) is 4. The summed E-state index contributed by atoms with van der Waals surface area (Å²) in [5.74, 6) is -0.0604. The second-order valence-corrected chi connectivity index (χ2v) is 6.15. The van der Waals surface area contributed by atoms with E-state index in [1.54, 1.807) is 23.4 Å². The third-order valence-corrected chi connectivity index (χ3v) is 3.64. The number of piperazine rings is 1. The average molecular weight is 295 g/mol. The third kappa shape index (κ3) is 3.74. The van der Waals surface area contributed by atoms with Crippen molar-refractivity contribution in [3.63, 3.8) is 0 Å². The highest BCUT2D eigenvalue weighted by atomic mass is 16.3. The van der Waals surface area contributed by atoms with Gasteiger partial charge in [-0.05, 0) is 20.8 Å². The maximum Gasteiger partial charge on any atom is 0.274 e. The lowest BCUT2D eigenvalue weighted by molar-refractivity contribution is 0.0176. The van der Waals surface area contributed by atoms with Crippen molar-refractivity contribution in [2.45, 2.75) is 32.9 Å². The normalized spacial score (nSPS) is 17.2. The molecule has 1 aromatic rings. The van der Waals surface area contributed by atoms with Crippen molar-refractivity contribution in [3.05, 3.63) is 11.9 Å². The van der Waals surface area contributed by atoms with Crippen molar-refractivity contribution >= 4 is 11.6 Å². The number of carbonyl (C=O) groups excluding carboxylic acids is 1. The monoisotopic (exact) mass is 295 g/mol. The van der Waals surface area contributed by atoms with Crippen LogP contribution in [0.2, 0.25) is 0 Å². The highest BCUT2D eigenvalue weighted by molar-refractivity contribution is 5.97. The van der Waals surface area contributed by atoms with E-state index in [0.29, 0.717) is 37.6 Å². The number of aryl methyl sites for hydroxylation is 1. The number of aliphatic hydroxyl groups is 1. The largest absolute Gasteiger partial charge is 0.396 e. The average Bonchev–Trinajstić information content (AvgIpc) is 2.78. The number of rotatable bonds is 4. The Hall–Kier alpha value is -1.60. The molecule has 21 heavy (non-hydrogen) atoms. The fourth-order valence-electron chi connectivity index (χ4n) is 2.68. The topological polar surface area (TPSA) is 87.6 Å². The van der Waals surface area contributed by atoms with Crippen molar-refractivity contribution in [2.24, 2.45) is 0 Å². The first-order chi connectivity index (χ1) is 9.81. The molecule has 0 saturated carbocycles. The Labute approximate surface area is 125 Å². The van der Waals surface area contributed by atoms with Gasteiger partial charge in [-0.3, -0.25) is 14.4 Å². The first-order valence-electron chi connectivity index (χ1n) is 7.37. The Morgan fingerprint density at radius 2 is 2.00 bits per heavy atom. The second kappa shape index (κ2) is 6.03. The van der Waals surface area contributed by atoms with Crippen LogP contribution >= 0.6 is 0 Å². The number of hydrogen-bond acceptors (Lipinski definition) is 5. The van der Waals surface area contributed by atoms with E-state index < -0.39 is 5.60 Å². The minimum absolute atomic E-state index is 0.0604. The van der Waals surface area contributed by atoms with E-state index in [9.17, 15) is 9.90 Å². The predicted molar refractivity (Wildman–Crippen MR) is 81.0 cm³/mol. The Morgan fingerprint density at radius 1 is 1.38 bits per heavy atom. The maximum absolute atomic E-state index is 12.6. The van der Waals surface area contributed by atoms with E-state index in [2.05, 4.69) is 10.00 Å². The van der Waals surface area contributed by atoms with Crippen LogP contribution in [-0.4, -0.2) is 68.9 Å². The second-order valence-electron chi connectivity index (χ2n) is 6.15. The number of anilines is 1. The smallest absolute Gasteiger partial charge is 0.274 e. The summed E-state index contributed by atoms with van der Waals surface area (Å²) >= 11 is 0. The summed E-state index contributed by atoms with van der Waals surface area (Å²) in [7, 11) is 0. The summed E-state index contributed by atoms with van der Waals surface area (Å²) in [5, 5.41) is 14.0. The van der Waals surface area contributed by atoms with Gasteiger partial charge in [0.05, 0.1) is 17.5 Å². The Kier molecular flexibility index (Phi) is 4.53. The fraction of sp³-hybridized carbons (Fsp3) is 0.714. The van der Waals surface area contributed by atoms with Gasteiger partial charge in [0.25, 0.3) is 5.91 Å². The Balaban J connectivity index is 1.99. The molecule has 7 heteroatoms. The van der Waals surface area contributed by atoms with Gasteiger partial charge in [-0.15, -0.1) is 0 Å². The molecule has 3 N–H and O–H groups in total. The zero-order chi connectivity index (χ0) is 15.6. The van der Waals surface area contributed by atoms with Gasteiger partial charge in [0.2, 0.25) is 0 Å². The van der Waals surface area contributed by atoms with Crippen molar-refractivity contribution in [1.82, 2.24) is 19.6 Å². The number of nitrogens with two attached hydrogens (primary N) is 1.